The summed E-state index contributed by atoms with van der Waals surface area (Å²) in [4.78, 5) is 10.5. The van der Waals surface area contributed by atoms with Gasteiger partial charge in [0.25, 0.3) is 0 Å². The van der Waals surface area contributed by atoms with E-state index < -0.39 is 5.97 Å². The normalized spacial score (nSPS) is 8.83. The molecular formula is C9H9CuO2. The van der Waals surface area contributed by atoms with Gasteiger partial charge in [0.2, 0.25) is 0 Å². The third-order valence-electron chi connectivity index (χ3n) is 1.61. The molecular weight excluding hydrogens is 204 g/mol. The minimum atomic E-state index is -1.11. The molecule has 1 aromatic carbocycles. The van der Waals surface area contributed by atoms with Crippen LogP contribution in [-0.2, 0) is 17.1 Å². The smallest absolute Gasteiger partial charge is 0.545 e. The van der Waals surface area contributed by atoms with E-state index in [0.717, 1.165) is 11.1 Å². The molecule has 0 aliphatic carbocycles. The van der Waals surface area contributed by atoms with Gasteiger partial charge >= 0.3 is 17.1 Å². The Balaban J connectivity index is 0.00000121. The summed E-state index contributed by atoms with van der Waals surface area (Å²) in [5.74, 6) is -1.11. The van der Waals surface area contributed by atoms with Crippen LogP contribution in [0.1, 0.15) is 21.5 Å². The molecule has 12 heavy (non-hydrogen) atoms. The Hall–Kier alpha value is -0.791. The van der Waals surface area contributed by atoms with Crippen LogP contribution in [0.3, 0.4) is 0 Å². The van der Waals surface area contributed by atoms with Gasteiger partial charge in [0.05, 0.1) is 5.97 Å². The van der Waals surface area contributed by atoms with Crippen LogP contribution in [0.4, 0.5) is 0 Å². The van der Waals surface area contributed by atoms with E-state index in [4.69, 9.17) is 0 Å². The molecule has 0 saturated carbocycles. The maximum Gasteiger partial charge on any atom is 1.00 e. The number of benzene rings is 1. The molecule has 0 bridgehead atoms. The molecule has 3 heteroatoms. The van der Waals surface area contributed by atoms with Gasteiger partial charge in [-0.25, -0.2) is 0 Å². The molecule has 0 radical (unpaired) electrons. The Bertz CT molecular complexity index is 295. The summed E-state index contributed by atoms with van der Waals surface area (Å²) in [6, 6.07) is 5.27. The summed E-state index contributed by atoms with van der Waals surface area (Å²) in [6.07, 6.45) is 0. The van der Waals surface area contributed by atoms with E-state index in [0.29, 0.717) is 0 Å². The van der Waals surface area contributed by atoms with Gasteiger partial charge in [-0.2, -0.15) is 0 Å². The van der Waals surface area contributed by atoms with Gasteiger partial charge in [-0.15, -0.1) is 0 Å². The van der Waals surface area contributed by atoms with Crippen molar-refractivity contribution in [1.82, 2.24) is 0 Å². The van der Waals surface area contributed by atoms with Crippen LogP contribution in [-0.4, -0.2) is 5.97 Å². The standard InChI is InChI=1S/C9H10O2.Cu/c1-6-3-4-7(2)8(5-6)9(10)11;/h3-5H,1-2H3,(H,10,11);/q;+1/p-1. The second-order valence-corrected chi connectivity index (χ2v) is 2.61. The van der Waals surface area contributed by atoms with Gasteiger partial charge in [-0.3, -0.25) is 0 Å². The number of carbonyl (C=O) groups excluding carboxylic acids is 1. The second-order valence-electron chi connectivity index (χ2n) is 2.61. The zero-order valence-corrected chi connectivity index (χ0v) is 7.79. The predicted molar refractivity (Wildman–Crippen MR) is 40.2 cm³/mol. The monoisotopic (exact) mass is 212 g/mol. The zero-order valence-electron chi connectivity index (χ0n) is 6.85. The summed E-state index contributed by atoms with van der Waals surface area (Å²) in [5, 5.41) is 10.5. The molecule has 2 nitrogen and oxygen atoms in total. The van der Waals surface area contributed by atoms with Gasteiger partial charge in [-0.1, -0.05) is 17.7 Å². The van der Waals surface area contributed by atoms with Crippen molar-refractivity contribution in [3.05, 3.63) is 34.9 Å². The molecule has 0 spiro atoms. The Kier molecular flexibility index (Phi) is 4.01. The number of aryl methyl sites for hydroxylation is 2. The summed E-state index contributed by atoms with van der Waals surface area (Å²) >= 11 is 0. The maximum atomic E-state index is 10.5. The largest absolute Gasteiger partial charge is 1.00 e. The van der Waals surface area contributed by atoms with Crippen molar-refractivity contribution in [1.29, 1.82) is 0 Å². The third-order valence-corrected chi connectivity index (χ3v) is 1.61. The minimum Gasteiger partial charge on any atom is -0.545 e. The Morgan fingerprint density at radius 3 is 2.33 bits per heavy atom. The van der Waals surface area contributed by atoms with Gasteiger partial charge in [0.15, 0.2) is 0 Å². The molecule has 0 amide bonds. The molecule has 0 heterocycles. The van der Waals surface area contributed by atoms with Crippen LogP contribution in [0.15, 0.2) is 18.2 Å². The Labute approximate surface area is 82.1 Å². The minimum absolute atomic E-state index is 0. The maximum absolute atomic E-state index is 10.5. The molecule has 1 rings (SSSR count). The topological polar surface area (TPSA) is 40.1 Å². The van der Waals surface area contributed by atoms with Gasteiger partial charge < -0.3 is 9.90 Å². The molecule has 0 unspecified atom stereocenters. The average Bonchev–Trinajstić information content (AvgIpc) is 1.94. The summed E-state index contributed by atoms with van der Waals surface area (Å²) in [5.41, 5.74) is 1.97. The van der Waals surface area contributed by atoms with Crippen molar-refractivity contribution in [2.45, 2.75) is 13.8 Å². The Morgan fingerprint density at radius 2 is 1.92 bits per heavy atom. The van der Waals surface area contributed by atoms with E-state index in [-0.39, 0.29) is 22.6 Å². The zero-order chi connectivity index (χ0) is 8.43. The molecule has 0 fully saturated rings. The van der Waals surface area contributed by atoms with E-state index in [1.165, 1.54) is 0 Å². The molecule has 0 N–H and O–H groups in total. The number of rotatable bonds is 1. The number of hydrogen-bond donors (Lipinski definition) is 0. The van der Waals surface area contributed by atoms with E-state index in [2.05, 4.69) is 0 Å². The molecule has 1 aromatic rings. The quantitative estimate of drug-likeness (QED) is 0.642. The number of carboxylic acids is 1. The average molecular weight is 213 g/mol. The summed E-state index contributed by atoms with van der Waals surface area (Å²) in [6.45, 7) is 3.61. The van der Waals surface area contributed by atoms with E-state index in [9.17, 15) is 9.90 Å². The van der Waals surface area contributed by atoms with Crippen molar-refractivity contribution >= 4 is 5.97 Å². The summed E-state index contributed by atoms with van der Waals surface area (Å²) < 4.78 is 0. The van der Waals surface area contributed by atoms with Crippen LogP contribution in [0.2, 0.25) is 0 Å². The van der Waals surface area contributed by atoms with Crippen molar-refractivity contribution in [3.63, 3.8) is 0 Å². The van der Waals surface area contributed by atoms with Crippen LogP contribution in [0, 0.1) is 13.8 Å². The number of aromatic carboxylic acids is 1. The van der Waals surface area contributed by atoms with Crippen LogP contribution >= 0.6 is 0 Å². The van der Waals surface area contributed by atoms with E-state index in [1.54, 1.807) is 19.1 Å². The Morgan fingerprint density at radius 1 is 1.33 bits per heavy atom. The van der Waals surface area contributed by atoms with E-state index >= 15 is 0 Å². The molecule has 0 atom stereocenters. The fourth-order valence-electron chi connectivity index (χ4n) is 0.956. The predicted octanol–water partition coefficient (Wildman–Crippen LogP) is 0.664. The van der Waals surface area contributed by atoms with Crippen molar-refractivity contribution in [2.75, 3.05) is 0 Å². The molecule has 0 aromatic heterocycles. The first-order valence-electron chi connectivity index (χ1n) is 3.40. The van der Waals surface area contributed by atoms with Crippen molar-refractivity contribution in [3.8, 4) is 0 Å². The first kappa shape index (κ1) is 11.2. The van der Waals surface area contributed by atoms with Gasteiger partial charge in [0, 0.05) is 5.56 Å². The summed E-state index contributed by atoms with van der Waals surface area (Å²) in [7, 11) is 0. The number of carboxylic acid groups (broad SMARTS) is 1. The second kappa shape index (κ2) is 4.29. The molecule has 0 aliphatic heterocycles. The molecule has 0 saturated heterocycles. The van der Waals surface area contributed by atoms with Crippen molar-refractivity contribution < 1.29 is 27.0 Å². The first-order chi connectivity index (χ1) is 5.11. The number of carbonyl (C=O) groups is 1. The fourth-order valence-corrected chi connectivity index (χ4v) is 0.956. The van der Waals surface area contributed by atoms with Crippen molar-refractivity contribution in [2.24, 2.45) is 0 Å². The first-order valence-corrected chi connectivity index (χ1v) is 3.40. The van der Waals surface area contributed by atoms with Gasteiger partial charge in [-0.05, 0) is 25.5 Å². The molecule has 68 valence electrons. The van der Waals surface area contributed by atoms with Crippen LogP contribution < -0.4 is 5.11 Å². The van der Waals surface area contributed by atoms with Crippen LogP contribution in [0.25, 0.3) is 0 Å². The van der Waals surface area contributed by atoms with Crippen LogP contribution in [0.5, 0.6) is 0 Å². The third kappa shape index (κ3) is 2.36. The molecule has 0 aliphatic rings. The number of hydrogen-bond acceptors (Lipinski definition) is 2. The SMILES string of the molecule is Cc1ccc(C)c(C(=O)[O-])c1.[Cu+]. The fraction of sp³-hybridized carbons (Fsp3) is 0.222. The van der Waals surface area contributed by atoms with Gasteiger partial charge in [0.1, 0.15) is 0 Å². The van der Waals surface area contributed by atoms with E-state index in [1.807, 2.05) is 13.0 Å².